The van der Waals surface area contributed by atoms with E-state index in [1.807, 2.05) is 40.8 Å². The van der Waals surface area contributed by atoms with E-state index in [2.05, 4.69) is 46.4 Å². The topological polar surface area (TPSA) is 66.3 Å². The average Bonchev–Trinajstić information content (AvgIpc) is 3.12. The summed E-state index contributed by atoms with van der Waals surface area (Å²) in [6, 6.07) is 16.2. The summed E-state index contributed by atoms with van der Waals surface area (Å²) in [4.78, 5) is 21.2. The van der Waals surface area contributed by atoms with Gasteiger partial charge in [-0.05, 0) is 44.4 Å². The molecule has 0 spiro atoms. The summed E-state index contributed by atoms with van der Waals surface area (Å²) in [5.41, 5.74) is 4.52. The van der Waals surface area contributed by atoms with E-state index in [-0.39, 0.29) is 6.03 Å². The molecule has 162 valence electrons. The predicted octanol–water partition coefficient (Wildman–Crippen LogP) is 3.35. The molecule has 0 unspecified atom stereocenters. The van der Waals surface area contributed by atoms with Crippen molar-refractivity contribution < 1.29 is 4.79 Å². The molecule has 7 nitrogen and oxygen atoms in total. The standard InChI is InChI=1S/C24H30N6O/c1-19-23(20(2)30(27-19)22-12-6-7-13-25-22)28-15-17-29(18-16-28)24(31)26-14-8-11-21-9-4-3-5-10-21/h3-7,9-10,12-13H,8,11,14-18H2,1-2H3,(H,26,31). The third-order valence-electron chi connectivity index (χ3n) is 5.76. The van der Waals surface area contributed by atoms with Crippen LogP contribution in [-0.4, -0.2) is 58.4 Å². The van der Waals surface area contributed by atoms with Crippen LogP contribution in [0.4, 0.5) is 10.5 Å². The minimum Gasteiger partial charge on any atom is -0.365 e. The number of anilines is 1. The van der Waals surface area contributed by atoms with Gasteiger partial charge in [-0.25, -0.2) is 14.5 Å². The average molecular weight is 419 g/mol. The summed E-state index contributed by atoms with van der Waals surface area (Å²) in [6.45, 7) is 7.82. The molecule has 1 aliphatic rings. The Kier molecular flexibility index (Phi) is 6.50. The van der Waals surface area contributed by atoms with E-state index in [0.29, 0.717) is 19.6 Å². The zero-order chi connectivity index (χ0) is 21.6. The Morgan fingerprint density at radius 3 is 2.45 bits per heavy atom. The number of carbonyl (C=O) groups excluding carboxylic acids is 1. The Morgan fingerprint density at radius 1 is 1.00 bits per heavy atom. The Labute approximate surface area is 183 Å². The minimum atomic E-state index is 0.0327. The van der Waals surface area contributed by atoms with Crippen LogP contribution in [0.3, 0.4) is 0 Å². The summed E-state index contributed by atoms with van der Waals surface area (Å²) >= 11 is 0. The lowest BCUT2D eigenvalue weighted by atomic mass is 10.1. The molecular formula is C24H30N6O. The first-order valence-corrected chi connectivity index (χ1v) is 10.9. The van der Waals surface area contributed by atoms with Gasteiger partial charge >= 0.3 is 6.03 Å². The Balaban J connectivity index is 1.29. The quantitative estimate of drug-likeness (QED) is 0.624. The molecule has 0 saturated carbocycles. The zero-order valence-electron chi connectivity index (χ0n) is 18.3. The van der Waals surface area contributed by atoms with Gasteiger partial charge in [-0.3, -0.25) is 0 Å². The fraction of sp³-hybridized carbons (Fsp3) is 0.375. The van der Waals surface area contributed by atoms with Gasteiger partial charge < -0.3 is 15.1 Å². The molecule has 1 fully saturated rings. The molecule has 0 radical (unpaired) electrons. The highest BCUT2D eigenvalue weighted by Crippen LogP contribution is 2.27. The molecule has 0 aliphatic carbocycles. The van der Waals surface area contributed by atoms with Crippen molar-refractivity contribution in [2.24, 2.45) is 0 Å². The van der Waals surface area contributed by atoms with E-state index < -0.39 is 0 Å². The third-order valence-corrected chi connectivity index (χ3v) is 5.76. The van der Waals surface area contributed by atoms with Crippen LogP contribution >= 0.6 is 0 Å². The lowest BCUT2D eigenvalue weighted by Gasteiger charge is -2.36. The van der Waals surface area contributed by atoms with Gasteiger partial charge in [-0.1, -0.05) is 36.4 Å². The van der Waals surface area contributed by atoms with Gasteiger partial charge in [0.1, 0.15) is 0 Å². The number of nitrogens with zero attached hydrogens (tertiary/aromatic N) is 5. The molecule has 3 aromatic rings. The van der Waals surface area contributed by atoms with Crippen LogP contribution in [0.1, 0.15) is 23.4 Å². The van der Waals surface area contributed by atoms with Crippen LogP contribution in [0.25, 0.3) is 5.82 Å². The van der Waals surface area contributed by atoms with Gasteiger partial charge in [0.05, 0.1) is 17.1 Å². The van der Waals surface area contributed by atoms with Crippen LogP contribution in [-0.2, 0) is 6.42 Å². The maximum absolute atomic E-state index is 12.5. The molecule has 3 heterocycles. The van der Waals surface area contributed by atoms with E-state index in [9.17, 15) is 4.79 Å². The molecule has 4 rings (SSSR count). The maximum atomic E-state index is 12.5. The van der Waals surface area contributed by atoms with Crippen molar-refractivity contribution in [3.63, 3.8) is 0 Å². The molecule has 0 atom stereocenters. The fourth-order valence-electron chi connectivity index (χ4n) is 4.17. The van der Waals surface area contributed by atoms with Crippen LogP contribution in [0.15, 0.2) is 54.7 Å². The highest BCUT2D eigenvalue weighted by atomic mass is 16.2. The number of aryl methyl sites for hydroxylation is 2. The number of amides is 2. The Morgan fingerprint density at radius 2 is 1.74 bits per heavy atom. The normalized spacial score (nSPS) is 14.0. The number of carbonyl (C=O) groups is 1. The smallest absolute Gasteiger partial charge is 0.317 e. The van der Waals surface area contributed by atoms with Gasteiger partial charge in [-0.15, -0.1) is 0 Å². The first-order valence-electron chi connectivity index (χ1n) is 10.9. The number of rotatable bonds is 6. The van der Waals surface area contributed by atoms with E-state index in [1.54, 1.807) is 6.20 Å². The molecule has 2 amide bonds. The lowest BCUT2D eigenvalue weighted by Crippen LogP contribution is -2.52. The summed E-state index contributed by atoms with van der Waals surface area (Å²) < 4.78 is 1.90. The van der Waals surface area contributed by atoms with Gasteiger partial charge in [-0.2, -0.15) is 5.10 Å². The van der Waals surface area contributed by atoms with E-state index in [0.717, 1.165) is 48.8 Å². The molecule has 1 aliphatic heterocycles. The van der Waals surface area contributed by atoms with Crippen molar-refractivity contribution in [3.8, 4) is 5.82 Å². The van der Waals surface area contributed by atoms with Crippen molar-refractivity contribution in [2.45, 2.75) is 26.7 Å². The molecule has 2 aromatic heterocycles. The summed E-state index contributed by atoms with van der Waals surface area (Å²) in [5.74, 6) is 0.822. The lowest BCUT2D eigenvalue weighted by molar-refractivity contribution is 0.194. The fourth-order valence-corrected chi connectivity index (χ4v) is 4.17. The molecular weight excluding hydrogens is 388 g/mol. The first kappa shape index (κ1) is 20.9. The number of hydrogen-bond acceptors (Lipinski definition) is 4. The molecule has 1 N–H and O–H groups in total. The summed E-state index contributed by atoms with van der Waals surface area (Å²) in [7, 11) is 0. The van der Waals surface area contributed by atoms with E-state index >= 15 is 0 Å². The summed E-state index contributed by atoms with van der Waals surface area (Å²) in [6.07, 6.45) is 3.71. The van der Waals surface area contributed by atoms with Gasteiger partial charge in [0, 0.05) is 38.9 Å². The Bertz CT molecular complexity index is 994. The van der Waals surface area contributed by atoms with Crippen LogP contribution in [0, 0.1) is 13.8 Å². The van der Waals surface area contributed by atoms with E-state index in [1.165, 1.54) is 5.56 Å². The molecule has 1 aromatic carbocycles. The molecule has 31 heavy (non-hydrogen) atoms. The van der Waals surface area contributed by atoms with Crippen molar-refractivity contribution in [2.75, 3.05) is 37.6 Å². The van der Waals surface area contributed by atoms with Crippen molar-refractivity contribution in [1.29, 1.82) is 0 Å². The van der Waals surface area contributed by atoms with Crippen LogP contribution in [0.5, 0.6) is 0 Å². The van der Waals surface area contributed by atoms with Crippen molar-refractivity contribution >= 4 is 11.7 Å². The number of aromatic nitrogens is 3. The molecule has 7 heteroatoms. The first-order chi connectivity index (χ1) is 15.1. The van der Waals surface area contributed by atoms with Crippen molar-refractivity contribution in [1.82, 2.24) is 25.0 Å². The van der Waals surface area contributed by atoms with Gasteiger partial charge in [0.2, 0.25) is 0 Å². The number of benzene rings is 1. The minimum absolute atomic E-state index is 0.0327. The zero-order valence-corrected chi connectivity index (χ0v) is 18.3. The molecule has 1 saturated heterocycles. The Hall–Kier alpha value is -3.35. The number of piperazine rings is 1. The second kappa shape index (κ2) is 9.64. The number of nitrogens with one attached hydrogen (secondary N) is 1. The van der Waals surface area contributed by atoms with E-state index in [4.69, 9.17) is 5.10 Å². The molecule has 0 bridgehead atoms. The number of urea groups is 1. The SMILES string of the molecule is Cc1nn(-c2ccccn2)c(C)c1N1CCN(C(=O)NCCCc2ccccc2)CC1. The van der Waals surface area contributed by atoms with Gasteiger partial charge in [0.15, 0.2) is 5.82 Å². The van der Waals surface area contributed by atoms with Crippen LogP contribution in [0.2, 0.25) is 0 Å². The number of pyridine rings is 1. The monoisotopic (exact) mass is 418 g/mol. The number of hydrogen-bond donors (Lipinski definition) is 1. The second-order valence-electron chi connectivity index (χ2n) is 7.91. The van der Waals surface area contributed by atoms with Crippen LogP contribution < -0.4 is 10.2 Å². The highest BCUT2D eigenvalue weighted by molar-refractivity contribution is 5.74. The summed E-state index contributed by atoms with van der Waals surface area (Å²) in [5, 5.41) is 7.77. The predicted molar refractivity (Wildman–Crippen MR) is 123 cm³/mol. The van der Waals surface area contributed by atoms with Crippen molar-refractivity contribution in [3.05, 3.63) is 71.7 Å². The largest absolute Gasteiger partial charge is 0.365 e. The maximum Gasteiger partial charge on any atom is 0.317 e. The third kappa shape index (κ3) is 4.87. The second-order valence-corrected chi connectivity index (χ2v) is 7.91. The van der Waals surface area contributed by atoms with Gasteiger partial charge in [0.25, 0.3) is 0 Å². The highest BCUT2D eigenvalue weighted by Gasteiger charge is 2.25.